The fraction of sp³-hybridized carbons (Fsp3) is 0.273. The maximum atomic E-state index is 12.8. The van der Waals surface area contributed by atoms with Crippen LogP contribution in [0.5, 0.6) is 17.4 Å². The number of hydrogen-bond acceptors (Lipinski definition) is 6. The molecule has 0 N–H and O–H groups in total. The van der Waals surface area contributed by atoms with Gasteiger partial charge in [0.15, 0.2) is 0 Å². The maximum Gasteiger partial charge on any atom is 0.255 e. The van der Waals surface area contributed by atoms with E-state index >= 15 is 0 Å². The average molecular weight is 390 g/mol. The van der Waals surface area contributed by atoms with Crippen LogP contribution in [0.2, 0.25) is 0 Å². The molecule has 7 heteroatoms. The number of pyridine rings is 1. The minimum atomic E-state index is -0.000422. The summed E-state index contributed by atoms with van der Waals surface area (Å²) < 4.78 is 11.1. The highest BCUT2D eigenvalue weighted by atomic mass is 16.5. The minimum Gasteiger partial charge on any atom is -0.497 e. The van der Waals surface area contributed by atoms with Crippen LogP contribution in [0.1, 0.15) is 34.8 Å². The molecule has 4 rings (SSSR count). The average Bonchev–Trinajstić information content (AvgIpc) is 2.79. The molecule has 1 atom stereocenters. The predicted molar refractivity (Wildman–Crippen MR) is 107 cm³/mol. The first-order chi connectivity index (χ1) is 14.2. The number of carbonyl (C=O) groups is 1. The third-order valence-corrected chi connectivity index (χ3v) is 4.93. The van der Waals surface area contributed by atoms with E-state index in [9.17, 15) is 4.79 Å². The van der Waals surface area contributed by atoms with Crippen LogP contribution in [0.3, 0.4) is 0 Å². The second kappa shape index (κ2) is 8.68. The number of ether oxygens (including phenoxy) is 2. The van der Waals surface area contributed by atoms with Crippen LogP contribution in [0, 0.1) is 0 Å². The van der Waals surface area contributed by atoms with Crippen molar-refractivity contribution in [2.24, 2.45) is 0 Å². The van der Waals surface area contributed by atoms with Gasteiger partial charge in [0.25, 0.3) is 5.91 Å². The Kier molecular flexibility index (Phi) is 5.65. The summed E-state index contributed by atoms with van der Waals surface area (Å²) in [6, 6.07) is 10.9. The number of rotatable bonds is 5. The molecule has 0 radical (unpaired) electrons. The molecule has 1 saturated heterocycles. The monoisotopic (exact) mass is 390 g/mol. The van der Waals surface area contributed by atoms with E-state index in [4.69, 9.17) is 9.47 Å². The normalized spacial score (nSPS) is 16.3. The van der Waals surface area contributed by atoms with Crippen molar-refractivity contribution in [3.05, 3.63) is 72.4 Å². The van der Waals surface area contributed by atoms with E-state index in [1.807, 2.05) is 23.1 Å². The number of hydrogen-bond donors (Lipinski definition) is 0. The first-order valence-electron chi connectivity index (χ1n) is 9.56. The molecular formula is C22H22N4O3. The Morgan fingerprint density at radius 2 is 2.00 bits per heavy atom. The molecule has 3 aromatic rings. The molecule has 3 heterocycles. The Morgan fingerprint density at radius 1 is 1.10 bits per heavy atom. The van der Waals surface area contributed by atoms with Gasteiger partial charge in [0.1, 0.15) is 11.5 Å². The molecule has 0 aliphatic carbocycles. The lowest BCUT2D eigenvalue weighted by Crippen LogP contribution is -2.39. The second-order valence-electron chi connectivity index (χ2n) is 6.90. The van der Waals surface area contributed by atoms with Gasteiger partial charge in [-0.1, -0.05) is 6.07 Å². The number of benzene rings is 1. The maximum absolute atomic E-state index is 12.8. The van der Waals surface area contributed by atoms with Crippen molar-refractivity contribution >= 4 is 5.91 Å². The topological polar surface area (TPSA) is 77.4 Å². The summed E-state index contributed by atoms with van der Waals surface area (Å²) in [5.74, 6) is 1.88. The summed E-state index contributed by atoms with van der Waals surface area (Å²) in [6.45, 7) is 1.34. The van der Waals surface area contributed by atoms with Gasteiger partial charge in [-0.3, -0.25) is 14.8 Å². The van der Waals surface area contributed by atoms with Gasteiger partial charge < -0.3 is 14.4 Å². The van der Waals surface area contributed by atoms with Crippen LogP contribution in [0.4, 0.5) is 0 Å². The van der Waals surface area contributed by atoms with Crippen molar-refractivity contribution in [1.82, 2.24) is 19.9 Å². The highest BCUT2D eigenvalue weighted by Gasteiger charge is 2.27. The molecule has 0 unspecified atom stereocenters. The van der Waals surface area contributed by atoms with Gasteiger partial charge in [0, 0.05) is 43.7 Å². The minimum absolute atomic E-state index is 0.000422. The van der Waals surface area contributed by atoms with E-state index in [2.05, 4.69) is 15.0 Å². The Bertz CT molecular complexity index is 981. The SMILES string of the molecule is COc1cccc(Oc2cncc([C@@H]3CCCN(C(=O)c4cccnc4)C3)n2)c1. The van der Waals surface area contributed by atoms with Gasteiger partial charge in [0.2, 0.25) is 5.88 Å². The van der Waals surface area contributed by atoms with E-state index in [1.165, 1.54) is 0 Å². The fourth-order valence-electron chi connectivity index (χ4n) is 3.47. The van der Waals surface area contributed by atoms with Crippen LogP contribution in [0.15, 0.2) is 61.2 Å². The van der Waals surface area contributed by atoms with Crippen molar-refractivity contribution in [2.75, 3.05) is 20.2 Å². The lowest BCUT2D eigenvalue weighted by atomic mass is 9.94. The predicted octanol–water partition coefficient (Wildman–Crippen LogP) is 3.69. The standard InChI is InChI=1S/C22H22N4O3/c1-28-18-7-2-8-19(11-18)29-21-14-24-13-20(25-21)17-6-4-10-26(15-17)22(27)16-5-3-9-23-12-16/h2-3,5,7-9,11-14,17H,4,6,10,15H2,1H3/t17-/m1/s1. The molecule has 29 heavy (non-hydrogen) atoms. The summed E-state index contributed by atoms with van der Waals surface area (Å²) in [7, 11) is 1.61. The molecule has 1 fully saturated rings. The largest absolute Gasteiger partial charge is 0.497 e. The van der Waals surface area contributed by atoms with Gasteiger partial charge in [0.05, 0.1) is 24.6 Å². The highest BCUT2D eigenvalue weighted by Crippen LogP contribution is 2.29. The van der Waals surface area contributed by atoms with Crippen molar-refractivity contribution in [3.63, 3.8) is 0 Å². The number of likely N-dealkylation sites (tertiary alicyclic amines) is 1. The molecule has 1 aromatic carbocycles. The van der Waals surface area contributed by atoms with Gasteiger partial charge >= 0.3 is 0 Å². The first-order valence-corrected chi connectivity index (χ1v) is 9.56. The van der Waals surface area contributed by atoms with Gasteiger partial charge in [-0.15, -0.1) is 0 Å². The van der Waals surface area contributed by atoms with E-state index in [0.29, 0.717) is 29.5 Å². The molecule has 0 bridgehead atoms. The van der Waals surface area contributed by atoms with Crippen molar-refractivity contribution in [3.8, 4) is 17.4 Å². The lowest BCUT2D eigenvalue weighted by Gasteiger charge is -2.32. The van der Waals surface area contributed by atoms with Crippen LogP contribution in [0.25, 0.3) is 0 Å². The lowest BCUT2D eigenvalue weighted by molar-refractivity contribution is 0.0705. The molecule has 0 saturated carbocycles. The van der Waals surface area contributed by atoms with Crippen LogP contribution >= 0.6 is 0 Å². The van der Waals surface area contributed by atoms with Crippen LogP contribution < -0.4 is 9.47 Å². The Hall–Kier alpha value is -3.48. The Balaban J connectivity index is 1.48. The van der Waals surface area contributed by atoms with Crippen molar-refractivity contribution in [1.29, 1.82) is 0 Å². The number of carbonyl (C=O) groups excluding carboxylic acids is 1. The number of amides is 1. The number of nitrogens with zero attached hydrogens (tertiary/aromatic N) is 4. The van der Waals surface area contributed by atoms with E-state index in [0.717, 1.165) is 25.1 Å². The zero-order chi connectivity index (χ0) is 20.1. The van der Waals surface area contributed by atoms with E-state index in [1.54, 1.807) is 50.1 Å². The quantitative estimate of drug-likeness (QED) is 0.661. The Morgan fingerprint density at radius 3 is 2.83 bits per heavy atom. The fourth-order valence-corrected chi connectivity index (χ4v) is 3.47. The summed E-state index contributed by atoms with van der Waals surface area (Å²) in [5.41, 5.74) is 1.43. The molecule has 1 aliphatic heterocycles. The zero-order valence-corrected chi connectivity index (χ0v) is 16.2. The molecule has 148 valence electrons. The molecule has 1 aliphatic rings. The smallest absolute Gasteiger partial charge is 0.255 e. The highest BCUT2D eigenvalue weighted by molar-refractivity contribution is 5.94. The third-order valence-electron chi connectivity index (χ3n) is 4.93. The molecule has 1 amide bonds. The number of piperidine rings is 1. The molecule has 2 aromatic heterocycles. The summed E-state index contributed by atoms with van der Waals surface area (Å²) in [6.07, 6.45) is 8.48. The van der Waals surface area contributed by atoms with E-state index in [-0.39, 0.29) is 11.8 Å². The number of methoxy groups -OCH3 is 1. The molecular weight excluding hydrogens is 368 g/mol. The Labute approximate surface area is 169 Å². The summed E-state index contributed by atoms with van der Waals surface area (Å²) in [4.78, 5) is 27.6. The second-order valence-corrected chi connectivity index (χ2v) is 6.90. The van der Waals surface area contributed by atoms with Crippen molar-refractivity contribution in [2.45, 2.75) is 18.8 Å². The summed E-state index contributed by atoms with van der Waals surface area (Å²) in [5, 5.41) is 0. The molecule has 7 nitrogen and oxygen atoms in total. The van der Waals surface area contributed by atoms with E-state index < -0.39 is 0 Å². The van der Waals surface area contributed by atoms with Crippen LogP contribution in [-0.2, 0) is 0 Å². The van der Waals surface area contributed by atoms with Gasteiger partial charge in [-0.05, 0) is 37.1 Å². The first kappa shape index (κ1) is 18.9. The molecule has 0 spiro atoms. The number of aromatic nitrogens is 3. The zero-order valence-electron chi connectivity index (χ0n) is 16.2. The van der Waals surface area contributed by atoms with Gasteiger partial charge in [-0.25, -0.2) is 4.98 Å². The van der Waals surface area contributed by atoms with Crippen molar-refractivity contribution < 1.29 is 14.3 Å². The summed E-state index contributed by atoms with van der Waals surface area (Å²) >= 11 is 0. The van der Waals surface area contributed by atoms with Gasteiger partial charge in [-0.2, -0.15) is 0 Å². The van der Waals surface area contributed by atoms with Crippen LogP contribution in [-0.4, -0.2) is 46.0 Å². The third kappa shape index (κ3) is 4.51.